The van der Waals surface area contributed by atoms with Gasteiger partial charge >= 0.3 is 0 Å². The van der Waals surface area contributed by atoms with Gasteiger partial charge in [0.05, 0.1) is 6.61 Å². The van der Waals surface area contributed by atoms with Crippen LogP contribution in [0, 0.1) is 0 Å². The van der Waals surface area contributed by atoms with Gasteiger partial charge in [-0.2, -0.15) is 0 Å². The van der Waals surface area contributed by atoms with Gasteiger partial charge in [-0.15, -0.1) is 0 Å². The highest BCUT2D eigenvalue weighted by atomic mass is 35.5. The number of rotatable bonds is 9. The third-order valence-electron chi connectivity index (χ3n) is 3.40. The fraction of sp³-hybridized carbons (Fsp3) is 0.316. The van der Waals surface area contributed by atoms with E-state index in [1.165, 1.54) is 0 Å². The Morgan fingerprint density at radius 1 is 1.12 bits per heavy atom. The maximum atomic E-state index is 12.1. The molecule has 0 aromatic heterocycles. The van der Waals surface area contributed by atoms with Crippen LogP contribution in [0.15, 0.2) is 48.5 Å². The van der Waals surface area contributed by atoms with Crippen LogP contribution in [0.5, 0.6) is 5.75 Å². The van der Waals surface area contributed by atoms with Crippen LogP contribution in [-0.2, 0) is 16.0 Å². The van der Waals surface area contributed by atoms with Gasteiger partial charge in [0, 0.05) is 29.8 Å². The maximum absolute atomic E-state index is 12.1. The molecule has 2 rings (SSSR count). The Kier molecular flexibility index (Phi) is 7.59. The topological polar surface area (TPSA) is 47.6 Å². The summed E-state index contributed by atoms with van der Waals surface area (Å²) in [5.74, 6) is 0.653. The molecule has 24 heavy (non-hydrogen) atoms. The number of amides is 1. The maximum Gasteiger partial charge on any atom is 0.224 e. The number of halogens is 1. The Hall–Kier alpha value is -2.04. The summed E-state index contributed by atoms with van der Waals surface area (Å²) in [6, 6.07) is 14.9. The molecule has 0 saturated carbocycles. The van der Waals surface area contributed by atoms with Gasteiger partial charge in [-0.25, -0.2) is 0 Å². The lowest BCUT2D eigenvalue weighted by Gasteiger charge is -2.09. The molecule has 0 aliphatic carbocycles. The monoisotopic (exact) mass is 347 g/mol. The van der Waals surface area contributed by atoms with E-state index in [2.05, 4.69) is 5.32 Å². The van der Waals surface area contributed by atoms with Crippen LogP contribution in [0.2, 0.25) is 5.02 Å². The first-order valence-electron chi connectivity index (χ1n) is 8.03. The fourth-order valence-corrected chi connectivity index (χ4v) is 2.43. The molecule has 2 aromatic carbocycles. The zero-order chi connectivity index (χ0) is 17.2. The highest BCUT2D eigenvalue weighted by molar-refractivity contribution is 6.31. The molecule has 4 nitrogen and oxygen atoms in total. The standard InChI is InChI=1S/C19H22ClNO3/c1-2-23-12-13-24-17-8-5-7-16(14-17)21-19(22)11-10-15-6-3-4-9-18(15)20/h3-9,14H,2,10-13H2,1H3,(H,21,22). The van der Waals surface area contributed by atoms with Gasteiger partial charge in [0.1, 0.15) is 12.4 Å². The second-order valence-electron chi connectivity index (χ2n) is 5.21. The van der Waals surface area contributed by atoms with Crippen molar-refractivity contribution in [2.24, 2.45) is 0 Å². The molecular weight excluding hydrogens is 326 g/mol. The molecule has 0 aliphatic heterocycles. The second-order valence-corrected chi connectivity index (χ2v) is 5.62. The van der Waals surface area contributed by atoms with Crippen molar-refractivity contribution in [1.29, 1.82) is 0 Å². The number of benzene rings is 2. The van der Waals surface area contributed by atoms with Crippen molar-refractivity contribution in [3.05, 3.63) is 59.1 Å². The van der Waals surface area contributed by atoms with E-state index in [1.54, 1.807) is 6.07 Å². The molecule has 128 valence electrons. The summed E-state index contributed by atoms with van der Waals surface area (Å²) < 4.78 is 10.8. The lowest BCUT2D eigenvalue weighted by Crippen LogP contribution is -2.12. The van der Waals surface area contributed by atoms with Crippen molar-refractivity contribution in [2.75, 3.05) is 25.1 Å². The number of anilines is 1. The summed E-state index contributed by atoms with van der Waals surface area (Å²) in [5, 5.41) is 3.57. The smallest absolute Gasteiger partial charge is 0.224 e. The number of hydrogen-bond donors (Lipinski definition) is 1. The summed E-state index contributed by atoms with van der Waals surface area (Å²) in [6.45, 7) is 3.65. The van der Waals surface area contributed by atoms with Crippen LogP contribution in [0.1, 0.15) is 18.9 Å². The Morgan fingerprint density at radius 2 is 1.96 bits per heavy atom. The lowest BCUT2D eigenvalue weighted by molar-refractivity contribution is -0.116. The lowest BCUT2D eigenvalue weighted by atomic mass is 10.1. The van der Waals surface area contributed by atoms with Crippen molar-refractivity contribution in [2.45, 2.75) is 19.8 Å². The first-order chi connectivity index (χ1) is 11.7. The molecule has 0 bridgehead atoms. The van der Waals surface area contributed by atoms with Gasteiger partial charge in [0.2, 0.25) is 5.91 Å². The Morgan fingerprint density at radius 3 is 2.75 bits per heavy atom. The number of carbonyl (C=O) groups excluding carboxylic acids is 1. The van der Waals surface area contributed by atoms with Crippen LogP contribution in [0.4, 0.5) is 5.69 Å². The molecule has 1 amide bonds. The van der Waals surface area contributed by atoms with Crippen LogP contribution >= 0.6 is 11.6 Å². The van der Waals surface area contributed by atoms with Gasteiger partial charge in [-0.1, -0.05) is 35.9 Å². The Balaban J connectivity index is 1.82. The van der Waals surface area contributed by atoms with Crippen molar-refractivity contribution in [1.82, 2.24) is 0 Å². The van der Waals surface area contributed by atoms with E-state index < -0.39 is 0 Å². The van der Waals surface area contributed by atoms with E-state index in [9.17, 15) is 4.79 Å². The summed E-state index contributed by atoms with van der Waals surface area (Å²) in [7, 11) is 0. The van der Waals surface area contributed by atoms with Crippen LogP contribution in [0.25, 0.3) is 0 Å². The first-order valence-corrected chi connectivity index (χ1v) is 8.40. The first kappa shape index (κ1) is 18.3. The summed E-state index contributed by atoms with van der Waals surface area (Å²) in [6.07, 6.45) is 0.981. The normalized spacial score (nSPS) is 10.4. The number of carbonyl (C=O) groups is 1. The molecule has 0 heterocycles. The molecule has 0 aliphatic rings. The molecule has 5 heteroatoms. The minimum Gasteiger partial charge on any atom is -0.491 e. The van der Waals surface area contributed by atoms with Gasteiger partial charge in [0.25, 0.3) is 0 Å². The predicted octanol–water partition coefficient (Wildman–Crippen LogP) is 4.33. The summed E-state index contributed by atoms with van der Waals surface area (Å²) >= 11 is 6.10. The Labute approximate surface area is 147 Å². The number of ether oxygens (including phenoxy) is 2. The van der Waals surface area contributed by atoms with E-state index in [0.29, 0.717) is 49.1 Å². The minimum atomic E-state index is -0.0543. The summed E-state index contributed by atoms with van der Waals surface area (Å²) in [4.78, 5) is 12.1. The second kappa shape index (κ2) is 9.96. The van der Waals surface area contributed by atoms with Crippen molar-refractivity contribution < 1.29 is 14.3 Å². The van der Waals surface area contributed by atoms with Crippen molar-refractivity contribution >= 4 is 23.2 Å². The minimum absolute atomic E-state index is 0.0543. The molecule has 0 unspecified atom stereocenters. The molecule has 2 aromatic rings. The van der Waals surface area contributed by atoms with Crippen LogP contribution < -0.4 is 10.1 Å². The van der Waals surface area contributed by atoms with Gasteiger partial charge in [-0.05, 0) is 37.1 Å². The zero-order valence-corrected chi connectivity index (χ0v) is 14.5. The number of nitrogens with one attached hydrogen (secondary N) is 1. The van der Waals surface area contributed by atoms with Crippen molar-refractivity contribution in [3.63, 3.8) is 0 Å². The average molecular weight is 348 g/mol. The average Bonchev–Trinajstić information content (AvgIpc) is 2.58. The van der Waals surface area contributed by atoms with Crippen molar-refractivity contribution in [3.8, 4) is 5.75 Å². The van der Waals surface area contributed by atoms with Gasteiger partial charge in [-0.3, -0.25) is 4.79 Å². The molecule has 0 fully saturated rings. The number of hydrogen-bond acceptors (Lipinski definition) is 3. The van der Waals surface area contributed by atoms with Gasteiger partial charge < -0.3 is 14.8 Å². The Bertz CT molecular complexity index is 661. The molecule has 0 atom stereocenters. The van der Waals surface area contributed by atoms with E-state index >= 15 is 0 Å². The zero-order valence-electron chi connectivity index (χ0n) is 13.8. The highest BCUT2D eigenvalue weighted by Gasteiger charge is 2.06. The molecule has 0 radical (unpaired) electrons. The molecular formula is C19H22ClNO3. The number of aryl methyl sites for hydroxylation is 1. The van der Waals surface area contributed by atoms with E-state index in [1.807, 2.05) is 49.4 Å². The highest BCUT2D eigenvalue weighted by Crippen LogP contribution is 2.19. The fourth-order valence-electron chi connectivity index (χ4n) is 2.20. The SMILES string of the molecule is CCOCCOc1cccc(NC(=O)CCc2ccccc2Cl)c1. The quantitative estimate of drug-likeness (QED) is 0.687. The third kappa shape index (κ3) is 6.22. The largest absolute Gasteiger partial charge is 0.491 e. The van der Waals surface area contributed by atoms with Crippen LogP contribution in [-0.4, -0.2) is 25.7 Å². The van der Waals surface area contributed by atoms with Gasteiger partial charge in [0.15, 0.2) is 0 Å². The van der Waals surface area contributed by atoms with E-state index in [-0.39, 0.29) is 5.91 Å². The summed E-state index contributed by atoms with van der Waals surface area (Å²) in [5.41, 5.74) is 1.69. The predicted molar refractivity (Wildman–Crippen MR) is 96.8 cm³/mol. The van der Waals surface area contributed by atoms with E-state index in [4.69, 9.17) is 21.1 Å². The molecule has 0 saturated heterocycles. The molecule has 1 N–H and O–H groups in total. The molecule has 0 spiro atoms. The third-order valence-corrected chi connectivity index (χ3v) is 3.77. The van der Waals surface area contributed by atoms with Crippen LogP contribution in [0.3, 0.4) is 0 Å². The van der Waals surface area contributed by atoms with E-state index in [0.717, 1.165) is 5.56 Å².